The molecule has 0 aromatic heterocycles. The molecule has 0 spiro atoms. The molecular weight excluding hydrogens is 383 g/mol. The van der Waals surface area contributed by atoms with Gasteiger partial charge in [0.25, 0.3) is 5.91 Å². The minimum absolute atomic E-state index is 0.234. The Balaban J connectivity index is 1.66. The first kappa shape index (κ1) is 20.0. The molecule has 0 atom stereocenters. The van der Waals surface area contributed by atoms with Gasteiger partial charge in [-0.05, 0) is 61.7 Å². The van der Waals surface area contributed by atoms with E-state index in [1.54, 1.807) is 12.1 Å². The third-order valence-corrected chi connectivity index (χ3v) is 5.60. The number of likely N-dealkylation sites (tertiary alicyclic amines) is 1. The minimum Gasteiger partial charge on any atom is -0.494 e. The average molecular weight is 407 g/mol. The van der Waals surface area contributed by atoms with Crippen LogP contribution in [0, 0.1) is 5.92 Å². The monoisotopic (exact) mass is 406 g/mol. The molecule has 1 saturated heterocycles. The maximum atomic E-state index is 12.7. The molecule has 6 heteroatoms. The van der Waals surface area contributed by atoms with E-state index < -0.39 is 0 Å². The summed E-state index contributed by atoms with van der Waals surface area (Å²) in [6.45, 7) is 5.55. The van der Waals surface area contributed by atoms with Gasteiger partial charge in [-0.15, -0.1) is 0 Å². The summed E-state index contributed by atoms with van der Waals surface area (Å²) in [4.78, 5) is 15.1. The molecular formula is C21H24Cl2N2O2. The SMILES string of the molecule is COc1c(Cl)ccc(Cl)c1C(=O)Nc1ccc(CN2CCC(C)CC2)cc1. The Bertz CT molecular complexity index is 801. The topological polar surface area (TPSA) is 41.6 Å². The van der Waals surface area contributed by atoms with Gasteiger partial charge in [-0.2, -0.15) is 0 Å². The number of piperidine rings is 1. The quantitative estimate of drug-likeness (QED) is 0.713. The molecule has 0 bridgehead atoms. The third-order valence-electron chi connectivity index (χ3n) is 4.98. The Labute approximate surface area is 170 Å². The Hall–Kier alpha value is -1.75. The highest BCUT2D eigenvalue weighted by molar-refractivity contribution is 6.37. The zero-order chi connectivity index (χ0) is 19.4. The van der Waals surface area contributed by atoms with Crippen LogP contribution in [0.4, 0.5) is 5.69 Å². The van der Waals surface area contributed by atoms with Gasteiger partial charge in [0.2, 0.25) is 0 Å². The molecule has 0 saturated carbocycles. The fraction of sp³-hybridized carbons (Fsp3) is 0.381. The maximum Gasteiger partial charge on any atom is 0.261 e. The van der Waals surface area contributed by atoms with E-state index in [1.165, 1.54) is 25.5 Å². The standard InChI is InChI=1S/C21H24Cl2N2O2/c1-14-9-11-25(12-10-14)13-15-3-5-16(6-4-15)24-21(26)19-17(22)7-8-18(23)20(19)27-2/h3-8,14H,9-13H2,1-2H3,(H,24,26). The van der Waals surface area contributed by atoms with E-state index in [9.17, 15) is 4.79 Å². The van der Waals surface area contributed by atoms with Gasteiger partial charge in [-0.3, -0.25) is 9.69 Å². The van der Waals surface area contributed by atoms with Crippen molar-refractivity contribution in [2.24, 2.45) is 5.92 Å². The second-order valence-corrected chi connectivity index (χ2v) is 7.86. The van der Waals surface area contributed by atoms with E-state index in [-0.39, 0.29) is 17.2 Å². The summed E-state index contributed by atoms with van der Waals surface area (Å²) in [6, 6.07) is 11.1. The summed E-state index contributed by atoms with van der Waals surface area (Å²) < 4.78 is 5.24. The largest absolute Gasteiger partial charge is 0.494 e. The first-order valence-electron chi connectivity index (χ1n) is 9.12. The lowest BCUT2D eigenvalue weighted by Crippen LogP contribution is -2.32. The summed E-state index contributed by atoms with van der Waals surface area (Å²) in [5.74, 6) is 0.754. The van der Waals surface area contributed by atoms with Gasteiger partial charge in [0.15, 0.2) is 5.75 Å². The molecule has 144 valence electrons. The van der Waals surface area contributed by atoms with E-state index in [0.717, 1.165) is 25.6 Å². The highest BCUT2D eigenvalue weighted by atomic mass is 35.5. The zero-order valence-corrected chi connectivity index (χ0v) is 17.1. The number of rotatable bonds is 5. The van der Waals surface area contributed by atoms with E-state index in [0.29, 0.717) is 15.7 Å². The van der Waals surface area contributed by atoms with Gasteiger partial charge in [-0.1, -0.05) is 42.3 Å². The van der Waals surface area contributed by atoms with E-state index in [1.807, 2.05) is 24.3 Å². The number of anilines is 1. The number of hydrogen-bond acceptors (Lipinski definition) is 3. The Morgan fingerprint density at radius 1 is 1.11 bits per heavy atom. The van der Waals surface area contributed by atoms with Gasteiger partial charge in [0.05, 0.1) is 17.2 Å². The number of methoxy groups -OCH3 is 1. The van der Waals surface area contributed by atoms with Crippen LogP contribution in [0.1, 0.15) is 35.7 Å². The molecule has 0 aliphatic carbocycles. The lowest BCUT2D eigenvalue weighted by molar-refractivity contribution is 0.102. The Morgan fingerprint density at radius 2 is 1.74 bits per heavy atom. The summed E-state index contributed by atoms with van der Waals surface area (Å²) in [5, 5.41) is 3.50. The van der Waals surface area contributed by atoms with Crippen LogP contribution >= 0.6 is 23.2 Å². The molecule has 0 unspecified atom stereocenters. The number of ether oxygens (including phenoxy) is 1. The van der Waals surface area contributed by atoms with Crippen molar-refractivity contribution in [3.05, 3.63) is 57.6 Å². The van der Waals surface area contributed by atoms with Crippen LogP contribution in [-0.4, -0.2) is 31.0 Å². The zero-order valence-electron chi connectivity index (χ0n) is 15.6. The smallest absolute Gasteiger partial charge is 0.261 e. The molecule has 1 N–H and O–H groups in total. The number of amides is 1. The van der Waals surface area contributed by atoms with E-state index in [2.05, 4.69) is 17.1 Å². The van der Waals surface area contributed by atoms with E-state index >= 15 is 0 Å². The predicted octanol–water partition coefficient (Wildman–Crippen LogP) is 5.49. The molecule has 4 nitrogen and oxygen atoms in total. The average Bonchev–Trinajstić information content (AvgIpc) is 2.66. The fourth-order valence-corrected chi connectivity index (χ4v) is 3.78. The van der Waals surface area contributed by atoms with Gasteiger partial charge < -0.3 is 10.1 Å². The van der Waals surface area contributed by atoms with Crippen LogP contribution in [0.15, 0.2) is 36.4 Å². The fourth-order valence-electron chi connectivity index (χ4n) is 3.31. The molecule has 2 aromatic rings. The van der Waals surface area contributed by atoms with Gasteiger partial charge in [0, 0.05) is 12.2 Å². The van der Waals surface area contributed by atoms with Crippen molar-refractivity contribution in [1.82, 2.24) is 4.90 Å². The van der Waals surface area contributed by atoms with Crippen molar-refractivity contribution >= 4 is 34.8 Å². The molecule has 1 heterocycles. The van der Waals surface area contributed by atoms with Crippen LogP contribution in [0.2, 0.25) is 10.0 Å². The molecule has 27 heavy (non-hydrogen) atoms. The molecule has 1 aliphatic rings. The lowest BCUT2D eigenvalue weighted by Gasteiger charge is -2.30. The third kappa shape index (κ3) is 4.95. The minimum atomic E-state index is -0.350. The van der Waals surface area contributed by atoms with Crippen LogP contribution in [-0.2, 0) is 6.54 Å². The number of halogens is 2. The number of benzene rings is 2. The van der Waals surface area contributed by atoms with Crippen molar-refractivity contribution < 1.29 is 9.53 Å². The molecule has 3 rings (SSSR count). The number of nitrogens with zero attached hydrogens (tertiary/aromatic N) is 1. The summed E-state index contributed by atoms with van der Waals surface area (Å²) in [5.41, 5.74) is 2.17. The first-order valence-corrected chi connectivity index (χ1v) is 9.88. The van der Waals surface area contributed by atoms with Gasteiger partial charge in [0.1, 0.15) is 5.56 Å². The van der Waals surface area contributed by atoms with Crippen molar-refractivity contribution in [1.29, 1.82) is 0 Å². The predicted molar refractivity (Wildman–Crippen MR) is 111 cm³/mol. The maximum absolute atomic E-state index is 12.7. The number of nitrogens with one attached hydrogen (secondary N) is 1. The van der Waals surface area contributed by atoms with Crippen LogP contribution < -0.4 is 10.1 Å². The lowest BCUT2D eigenvalue weighted by atomic mass is 9.99. The number of carbonyl (C=O) groups is 1. The first-order chi connectivity index (χ1) is 13.0. The van der Waals surface area contributed by atoms with Gasteiger partial charge in [-0.25, -0.2) is 0 Å². The number of carbonyl (C=O) groups excluding carboxylic acids is 1. The Kier molecular flexibility index (Phi) is 6.64. The number of hydrogen-bond donors (Lipinski definition) is 1. The Morgan fingerprint density at radius 3 is 2.37 bits per heavy atom. The van der Waals surface area contributed by atoms with Crippen molar-refractivity contribution in [3.8, 4) is 5.75 Å². The van der Waals surface area contributed by atoms with Crippen molar-refractivity contribution in [2.75, 3.05) is 25.5 Å². The van der Waals surface area contributed by atoms with E-state index in [4.69, 9.17) is 27.9 Å². The van der Waals surface area contributed by atoms with Crippen molar-refractivity contribution in [2.45, 2.75) is 26.3 Å². The second-order valence-electron chi connectivity index (χ2n) is 7.05. The highest BCUT2D eigenvalue weighted by Crippen LogP contribution is 2.34. The molecule has 2 aromatic carbocycles. The molecule has 0 radical (unpaired) electrons. The van der Waals surface area contributed by atoms with Crippen LogP contribution in [0.5, 0.6) is 5.75 Å². The summed E-state index contributed by atoms with van der Waals surface area (Å²) >= 11 is 12.3. The summed E-state index contributed by atoms with van der Waals surface area (Å²) in [7, 11) is 1.46. The second kappa shape index (κ2) is 8.96. The van der Waals surface area contributed by atoms with Crippen molar-refractivity contribution in [3.63, 3.8) is 0 Å². The van der Waals surface area contributed by atoms with Crippen LogP contribution in [0.25, 0.3) is 0 Å². The normalized spacial score (nSPS) is 15.6. The highest BCUT2D eigenvalue weighted by Gasteiger charge is 2.20. The summed E-state index contributed by atoms with van der Waals surface area (Å²) in [6.07, 6.45) is 2.52. The molecule has 1 aliphatic heterocycles. The van der Waals surface area contributed by atoms with Gasteiger partial charge >= 0.3 is 0 Å². The molecule has 1 fully saturated rings. The van der Waals surface area contributed by atoms with Crippen LogP contribution in [0.3, 0.4) is 0 Å². The molecule has 1 amide bonds.